The van der Waals surface area contributed by atoms with E-state index in [9.17, 15) is 9.59 Å². The van der Waals surface area contributed by atoms with E-state index in [2.05, 4.69) is 228 Å². The Bertz CT molecular complexity index is 8930. The molecular formula is C111H92N28O4S2. The number of hydrogen-bond donors (Lipinski definition) is 12. The van der Waals surface area contributed by atoms with Crippen LogP contribution in [0.15, 0.2) is 306 Å². The Hall–Kier alpha value is -18.1. The van der Waals surface area contributed by atoms with Crippen molar-refractivity contribution < 1.29 is 18.4 Å². The maximum Gasteiger partial charge on any atom is 0.224 e. The molecule has 20 aromatic heterocycles. The van der Waals surface area contributed by atoms with Crippen LogP contribution >= 0.6 is 22.7 Å². The predicted octanol–water partition coefficient (Wildman–Crippen LogP) is 24.1. The minimum absolute atomic E-state index is 0.0225. The second-order valence-corrected chi connectivity index (χ2v) is 37.6. The fraction of sp³-hybridized carbons (Fsp3) is 0.135. The van der Waals surface area contributed by atoms with Gasteiger partial charge in [-0.15, -0.1) is 0 Å². The highest BCUT2D eigenvalue weighted by Gasteiger charge is 2.25. The van der Waals surface area contributed by atoms with Crippen LogP contribution in [0, 0.1) is 11.8 Å². The van der Waals surface area contributed by atoms with Gasteiger partial charge in [-0.25, -0.2) is 19.9 Å². The van der Waals surface area contributed by atoms with Gasteiger partial charge in [-0.3, -0.25) is 69.9 Å². The second-order valence-electron chi connectivity index (χ2n) is 36.1. The van der Waals surface area contributed by atoms with Crippen LogP contribution in [-0.2, 0) is 29.2 Å². The zero-order valence-electron chi connectivity index (χ0n) is 78.6. The molecule has 12 N–H and O–H groups in total. The van der Waals surface area contributed by atoms with Gasteiger partial charge in [0, 0.05) is 172 Å². The molecule has 0 spiro atoms. The molecule has 20 heterocycles. The number of aromatic nitrogens is 24. The van der Waals surface area contributed by atoms with Crippen molar-refractivity contribution in [2.24, 2.45) is 11.8 Å². The Balaban J connectivity index is 0.000000107. The summed E-state index contributed by atoms with van der Waals surface area (Å²) < 4.78 is 10.5. The molecule has 26 rings (SSSR count). The van der Waals surface area contributed by atoms with Gasteiger partial charge in [-0.2, -0.15) is 43.1 Å². The normalized spacial score (nSPS) is 12.2. The molecule has 1 aliphatic rings. The van der Waals surface area contributed by atoms with Crippen LogP contribution in [0.5, 0.6) is 0 Å². The SMILES string of the molecule is CC(C)CC(=O)Nc1cncc(-c2ccc3[nH]nc(-c4nc5c(-c6ccoc6)cncc5[nH]4)c3c2)c1.CCC(=O)Nc1cncc(-c2ccc3[nH]nc(-c4nc5c(-c6ccoc6)cncc5[nH]4)c3c2)c1.c1cc(-c2cncc3[nH]c(-c4n[nH]c5ccc(-c6cncc(CNCC7CCCC7)c6)cc45)nc23)cs1.c1ccc(CNCc2cncc(-c3ccc4[nH]nc(-c5nc6c(-c7ccsc7)cncc6[nH]5)c4c3)c2)cc1. The highest BCUT2D eigenvalue weighted by Crippen LogP contribution is 2.41. The van der Waals surface area contributed by atoms with Crippen molar-refractivity contribution in [2.75, 3.05) is 17.2 Å². The highest BCUT2D eigenvalue weighted by molar-refractivity contribution is 7.08. The van der Waals surface area contributed by atoms with Crippen molar-refractivity contribution >= 4 is 134 Å². The molecule has 1 aliphatic carbocycles. The van der Waals surface area contributed by atoms with E-state index in [1.165, 1.54) is 36.8 Å². The number of rotatable bonds is 25. The summed E-state index contributed by atoms with van der Waals surface area (Å²) in [6.45, 7) is 9.34. The first kappa shape index (κ1) is 90.7. The van der Waals surface area contributed by atoms with Gasteiger partial charge in [0.05, 0.1) is 118 Å². The highest BCUT2D eigenvalue weighted by atomic mass is 32.1. The maximum atomic E-state index is 12.2. The smallest absolute Gasteiger partial charge is 0.224 e. The van der Waals surface area contributed by atoms with E-state index >= 15 is 0 Å². The minimum atomic E-state index is -0.0549. The van der Waals surface area contributed by atoms with Gasteiger partial charge in [0.1, 0.15) is 44.8 Å². The van der Waals surface area contributed by atoms with Crippen molar-refractivity contribution in [3.63, 3.8) is 0 Å². The van der Waals surface area contributed by atoms with Crippen LogP contribution < -0.4 is 21.3 Å². The summed E-state index contributed by atoms with van der Waals surface area (Å²) in [6, 6.07) is 51.3. The standard InChI is InChI=1S/C30H23N7S.C29H27N7S.C27H23N7O2.C25H19N7O2/c1-2-4-19(5-3-1)12-31-13-20-10-23(15-32-14-20)21-6-7-26-24(11-21)29(37-36-26)30-34-27-17-33-16-25(28(27)35-30)22-8-9-38-18-22;1-2-4-18(3-1)11-30-12-19-9-22(14-31-13-19)20-5-6-25-23(10-20)28(36-35-25)29-33-26-16-32-15-24(27(26)34-29)21-7-8-37-17-21;1-15(2)7-24(35)30-19-8-18(10-28-11-19)16-3-4-22-20(9-16)26(34-33-22)27-31-23-13-29-12-21(25(23)32-27)17-5-6-36-14-17;1-2-22(33)28-17-7-16(9-26-10-17)14-3-4-20-18(8-14)24(32-31-20)25-29-21-12-27-11-19(23(21)30-25)15-5-6-34-13-15/h1-11,14-18,31H,12-13H2,(H,34,35)(H,36,37);5-10,13-18,30H,1-4,11-12H2,(H,33,34)(H,35,36);3-6,8-15H,7H2,1-2H3,(H,30,35)(H,31,32)(H,33,34);3-13H,2H2,1H3,(H,28,33)(H,29,30)(H,31,32). The first-order valence-corrected chi connectivity index (χ1v) is 49.5. The summed E-state index contributed by atoms with van der Waals surface area (Å²) in [5.41, 5.74) is 34.3. The first-order valence-electron chi connectivity index (χ1n) is 47.6. The molecule has 0 unspecified atom stereocenters. The summed E-state index contributed by atoms with van der Waals surface area (Å²) in [5, 5.41) is 55.9. The second kappa shape index (κ2) is 40.6. The minimum Gasteiger partial charge on any atom is -0.472 e. The van der Waals surface area contributed by atoms with E-state index in [-0.39, 0.29) is 17.7 Å². The molecule has 32 nitrogen and oxygen atoms in total. The lowest BCUT2D eigenvalue weighted by Crippen LogP contribution is -2.20. The van der Waals surface area contributed by atoms with Crippen molar-refractivity contribution in [3.05, 3.63) is 314 Å². The molecule has 25 aromatic rings. The van der Waals surface area contributed by atoms with E-state index in [4.69, 9.17) is 28.8 Å². The topological polar surface area (TPSA) is 441 Å². The van der Waals surface area contributed by atoms with Gasteiger partial charge in [-0.05, 0) is 200 Å². The van der Waals surface area contributed by atoms with E-state index < -0.39 is 0 Å². The van der Waals surface area contributed by atoms with Crippen LogP contribution in [-0.4, -0.2) is 139 Å². The third-order valence-corrected chi connectivity index (χ3v) is 27.0. The molecule has 34 heteroatoms. The number of carbonyl (C=O) groups is 2. The third-order valence-electron chi connectivity index (χ3n) is 25.7. The number of benzene rings is 5. The molecule has 712 valence electrons. The molecule has 0 aliphatic heterocycles. The number of aromatic amines is 8. The van der Waals surface area contributed by atoms with Crippen LogP contribution in [0.3, 0.4) is 0 Å². The van der Waals surface area contributed by atoms with Gasteiger partial charge >= 0.3 is 0 Å². The third kappa shape index (κ3) is 19.5. The number of hydrogen-bond acceptors (Lipinski definition) is 24. The Labute approximate surface area is 834 Å². The number of carbonyl (C=O) groups excluding carboxylic acids is 2. The number of amides is 2. The number of pyridine rings is 8. The lowest BCUT2D eigenvalue weighted by atomic mass is 10.0. The van der Waals surface area contributed by atoms with Crippen molar-refractivity contribution in [1.82, 2.24) is 131 Å². The first-order chi connectivity index (χ1) is 71.4. The monoisotopic (exact) mass is 1940 g/mol. The van der Waals surface area contributed by atoms with Crippen molar-refractivity contribution in [3.8, 4) is 135 Å². The molecule has 1 saturated carbocycles. The summed E-state index contributed by atoms with van der Waals surface area (Å²) in [7, 11) is 0. The maximum absolute atomic E-state index is 12.2. The van der Waals surface area contributed by atoms with E-state index in [0.29, 0.717) is 53.1 Å². The van der Waals surface area contributed by atoms with Gasteiger partial charge in [0.25, 0.3) is 0 Å². The van der Waals surface area contributed by atoms with Crippen molar-refractivity contribution in [1.29, 1.82) is 0 Å². The van der Waals surface area contributed by atoms with E-state index in [1.807, 2.05) is 137 Å². The quantitative estimate of drug-likeness (QED) is 0.0253. The summed E-state index contributed by atoms with van der Waals surface area (Å²) in [4.78, 5) is 92.3. The summed E-state index contributed by atoms with van der Waals surface area (Å²) in [5.74, 6) is 3.75. The fourth-order valence-corrected chi connectivity index (χ4v) is 19.7. The van der Waals surface area contributed by atoms with Gasteiger partial charge in [-0.1, -0.05) is 88.2 Å². The van der Waals surface area contributed by atoms with Gasteiger partial charge in [0.2, 0.25) is 11.8 Å². The fourth-order valence-electron chi connectivity index (χ4n) is 18.4. The number of imidazole rings is 4. The average molecular weight is 1950 g/mol. The Morgan fingerprint density at radius 1 is 0.359 bits per heavy atom. The van der Waals surface area contributed by atoms with Crippen LogP contribution in [0.2, 0.25) is 0 Å². The van der Waals surface area contributed by atoms with Crippen LogP contribution in [0.25, 0.3) is 223 Å². The molecular weight excluding hydrogens is 1850 g/mol. The molecule has 2 amide bonds. The molecule has 5 aromatic carbocycles. The number of anilines is 2. The molecule has 0 saturated heterocycles. The average Bonchev–Trinajstić information content (AvgIpc) is 1.62. The molecule has 0 radical (unpaired) electrons. The Morgan fingerprint density at radius 2 is 0.724 bits per heavy atom. The summed E-state index contributed by atoms with van der Waals surface area (Å²) in [6.07, 6.45) is 41.9. The predicted molar refractivity (Wildman–Crippen MR) is 569 cm³/mol. The van der Waals surface area contributed by atoms with E-state index in [0.717, 1.165) is 232 Å². The number of H-pyrrole nitrogens is 8. The van der Waals surface area contributed by atoms with Gasteiger partial charge < -0.3 is 50.0 Å². The lowest BCUT2D eigenvalue weighted by Gasteiger charge is -2.11. The van der Waals surface area contributed by atoms with Crippen molar-refractivity contribution in [2.45, 2.75) is 78.9 Å². The Kier molecular flexibility index (Phi) is 25.4. The zero-order chi connectivity index (χ0) is 97.6. The number of fused-ring (bicyclic) bond motifs is 8. The lowest BCUT2D eigenvalue weighted by molar-refractivity contribution is -0.117. The number of thiophene rings is 2. The molecule has 0 bridgehead atoms. The molecule has 1 fully saturated rings. The van der Waals surface area contributed by atoms with Crippen LogP contribution in [0.1, 0.15) is 76.0 Å². The number of furan rings is 2. The Morgan fingerprint density at radius 3 is 1.10 bits per heavy atom. The number of nitrogens with one attached hydrogen (secondary N) is 12. The number of nitrogens with zero attached hydrogens (tertiary/aromatic N) is 16. The molecule has 0 atom stereocenters. The zero-order valence-corrected chi connectivity index (χ0v) is 80.3. The van der Waals surface area contributed by atoms with E-state index in [1.54, 1.807) is 97.3 Å². The van der Waals surface area contributed by atoms with Crippen LogP contribution in [0.4, 0.5) is 11.4 Å². The largest absolute Gasteiger partial charge is 0.472 e. The summed E-state index contributed by atoms with van der Waals surface area (Å²) >= 11 is 3.33. The van der Waals surface area contributed by atoms with Gasteiger partial charge in [0.15, 0.2) is 23.3 Å². The molecule has 145 heavy (non-hydrogen) atoms.